The summed E-state index contributed by atoms with van der Waals surface area (Å²) < 4.78 is 28.5. The Hall–Kier alpha value is -0.950. The molecule has 146 valence electrons. The van der Waals surface area contributed by atoms with Gasteiger partial charge >= 0.3 is 13.9 Å². The molecule has 3 amide bonds. The van der Waals surface area contributed by atoms with Gasteiger partial charge in [-0.3, -0.25) is 13.8 Å². The molecule has 0 radical (unpaired) electrons. The Morgan fingerprint density at radius 3 is 2.12 bits per heavy atom. The molecule has 1 saturated heterocycles. The van der Waals surface area contributed by atoms with Gasteiger partial charge in [0.2, 0.25) is 0 Å². The quantitative estimate of drug-likeness (QED) is 0.384. The van der Waals surface area contributed by atoms with Gasteiger partial charge in [0.05, 0.1) is 19.1 Å². The smallest absolute Gasteiger partial charge is 0.335 e. The molecule has 0 spiro atoms. The lowest BCUT2D eigenvalue weighted by Gasteiger charge is -2.31. The molecule has 0 aromatic rings. The fraction of sp³-hybridized carbons (Fsp3) is 0.875. The molecule has 1 aliphatic rings. The van der Waals surface area contributed by atoms with Crippen LogP contribution in [0, 0.1) is 5.92 Å². The van der Waals surface area contributed by atoms with Crippen LogP contribution in [0.25, 0.3) is 0 Å². The van der Waals surface area contributed by atoms with Crippen LogP contribution in [0.3, 0.4) is 0 Å². The molecular weight excluding hydrogens is 347 g/mol. The fourth-order valence-corrected chi connectivity index (χ4v) is 3.44. The highest BCUT2D eigenvalue weighted by atomic mass is 31.2. The predicted molar refractivity (Wildman–Crippen MR) is 93.7 cm³/mol. The zero-order valence-corrected chi connectivity index (χ0v) is 16.4. The number of carbonyl (C=O) groups excluding carboxylic acids is 2. The molecule has 0 aliphatic carbocycles. The number of urea groups is 1. The van der Waals surface area contributed by atoms with Crippen LogP contribution in [0.5, 0.6) is 0 Å². The number of hydrogen-bond donors (Lipinski definition) is 1. The van der Waals surface area contributed by atoms with Crippen molar-refractivity contribution in [1.29, 1.82) is 0 Å². The molecule has 1 unspecified atom stereocenters. The molecule has 0 bridgehead atoms. The van der Waals surface area contributed by atoms with Crippen LogP contribution in [-0.2, 0) is 23.0 Å². The van der Waals surface area contributed by atoms with E-state index in [0.29, 0.717) is 24.3 Å². The Morgan fingerprint density at radius 1 is 1.04 bits per heavy atom. The summed E-state index contributed by atoms with van der Waals surface area (Å²) in [5, 5.41) is 3.10. The highest BCUT2D eigenvalue weighted by molar-refractivity contribution is 7.48. The average molecular weight is 378 g/mol. The van der Waals surface area contributed by atoms with Crippen LogP contribution in [0.2, 0.25) is 0 Å². The van der Waals surface area contributed by atoms with Gasteiger partial charge in [-0.25, -0.2) is 9.36 Å². The first-order chi connectivity index (χ1) is 12.0. The van der Waals surface area contributed by atoms with Gasteiger partial charge in [0.1, 0.15) is 0 Å². The van der Waals surface area contributed by atoms with E-state index in [1.165, 1.54) is 0 Å². The zero-order valence-electron chi connectivity index (χ0n) is 15.5. The van der Waals surface area contributed by atoms with Crippen molar-refractivity contribution in [3.8, 4) is 0 Å². The second-order valence-corrected chi connectivity index (χ2v) is 7.63. The first-order valence-corrected chi connectivity index (χ1v) is 10.6. The number of phosphoric acid groups is 1. The van der Waals surface area contributed by atoms with Gasteiger partial charge < -0.3 is 5.32 Å². The van der Waals surface area contributed by atoms with Crippen LogP contribution in [0.15, 0.2) is 0 Å². The van der Waals surface area contributed by atoms with Crippen LogP contribution < -0.4 is 5.32 Å². The van der Waals surface area contributed by atoms with Gasteiger partial charge in [-0.15, -0.1) is 5.06 Å². The molecule has 0 saturated carbocycles. The molecule has 25 heavy (non-hydrogen) atoms. The maximum atomic E-state index is 12.8. The van der Waals surface area contributed by atoms with Crippen LogP contribution in [-0.4, -0.2) is 36.8 Å². The topological polar surface area (TPSA) is 94.2 Å². The van der Waals surface area contributed by atoms with Crippen molar-refractivity contribution in [1.82, 2.24) is 10.4 Å². The maximum Gasteiger partial charge on any atom is 0.497 e. The lowest BCUT2D eigenvalue weighted by atomic mass is 10.00. The van der Waals surface area contributed by atoms with E-state index in [0.717, 1.165) is 25.7 Å². The number of rotatable bonds is 13. The van der Waals surface area contributed by atoms with Gasteiger partial charge in [-0.2, -0.15) is 4.62 Å². The second kappa shape index (κ2) is 11.6. The molecule has 0 aromatic carbocycles. The molecule has 1 fully saturated rings. The van der Waals surface area contributed by atoms with E-state index in [1.54, 1.807) is 0 Å². The minimum absolute atomic E-state index is 0.169. The second-order valence-electron chi connectivity index (χ2n) is 6.06. The molecule has 1 aliphatic heterocycles. The van der Waals surface area contributed by atoms with Crippen LogP contribution in [0.4, 0.5) is 4.79 Å². The zero-order chi connectivity index (χ0) is 18.7. The van der Waals surface area contributed by atoms with E-state index in [2.05, 4.69) is 5.32 Å². The molecule has 1 heterocycles. The molecule has 9 heteroatoms. The van der Waals surface area contributed by atoms with Gasteiger partial charge in [0.25, 0.3) is 5.91 Å². The molecule has 1 atom stereocenters. The number of carbonyl (C=O) groups is 2. The summed E-state index contributed by atoms with van der Waals surface area (Å²) in [5.41, 5.74) is 0. The summed E-state index contributed by atoms with van der Waals surface area (Å²) in [6, 6.07) is -0.740. The summed E-state index contributed by atoms with van der Waals surface area (Å²) in [6.07, 6.45) is 5.46. The summed E-state index contributed by atoms with van der Waals surface area (Å²) in [6.45, 7) is 6.55. The predicted octanol–water partition coefficient (Wildman–Crippen LogP) is 4.02. The Bertz CT molecular complexity index is 460. The number of phosphoric ester groups is 1. The summed E-state index contributed by atoms with van der Waals surface area (Å²) >= 11 is 0. The third kappa shape index (κ3) is 7.44. The molecule has 8 nitrogen and oxygen atoms in total. The van der Waals surface area contributed by atoms with Crippen molar-refractivity contribution in [2.45, 2.75) is 65.7 Å². The molecule has 0 aromatic heterocycles. The van der Waals surface area contributed by atoms with Crippen molar-refractivity contribution in [2.24, 2.45) is 5.92 Å². The minimum atomic E-state index is -4.03. The normalized spacial score (nSPS) is 18.5. The number of hydroxylamine groups is 2. The van der Waals surface area contributed by atoms with E-state index in [4.69, 9.17) is 13.7 Å². The van der Waals surface area contributed by atoms with Gasteiger partial charge in [-0.05, 0) is 19.3 Å². The SMILES string of the molecule is CCCCOP(=O)(OCCCC)ON1C(=O)NCC(CCCC)C1=O. The Balaban J connectivity index is 2.78. The largest absolute Gasteiger partial charge is 0.497 e. The van der Waals surface area contributed by atoms with E-state index >= 15 is 0 Å². The first kappa shape index (κ1) is 22.1. The van der Waals surface area contributed by atoms with Crippen LogP contribution >= 0.6 is 7.82 Å². The van der Waals surface area contributed by atoms with E-state index in [9.17, 15) is 14.2 Å². The highest BCUT2D eigenvalue weighted by Crippen LogP contribution is 2.51. The van der Waals surface area contributed by atoms with E-state index in [-0.39, 0.29) is 19.8 Å². The Kier molecular flexibility index (Phi) is 10.3. The van der Waals surface area contributed by atoms with Gasteiger partial charge in [0.15, 0.2) is 0 Å². The minimum Gasteiger partial charge on any atom is -0.335 e. The van der Waals surface area contributed by atoms with Crippen molar-refractivity contribution in [2.75, 3.05) is 19.8 Å². The monoisotopic (exact) mass is 378 g/mol. The first-order valence-electron chi connectivity index (χ1n) is 9.18. The Labute approximate surface area is 150 Å². The van der Waals surface area contributed by atoms with Crippen molar-refractivity contribution in [3.63, 3.8) is 0 Å². The maximum absolute atomic E-state index is 12.8. The third-order valence-corrected chi connectivity index (χ3v) is 5.18. The number of nitrogens with zero attached hydrogens (tertiary/aromatic N) is 1. The summed E-state index contributed by atoms with van der Waals surface area (Å²) in [7, 11) is -4.03. The third-order valence-electron chi connectivity index (χ3n) is 3.82. The molecule has 1 rings (SSSR count). The highest BCUT2D eigenvalue weighted by Gasteiger charge is 2.41. The number of amides is 3. The lowest BCUT2D eigenvalue weighted by molar-refractivity contribution is -0.159. The number of unbranched alkanes of at least 4 members (excludes halogenated alkanes) is 3. The van der Waals surface area contributed by atoms with Gasteiger partial charge in [-0.1, -0.05) is 46.5 Å². The van der Waals surface area contributed by atoms with Crippen molar-refractivity contribution >= 4 is 19.8 Å². The number of nitrogens with one attached hydrogen (secondary N) is 1. The van der Waals surface area contributed by atoms with Crippen LogP contribution in [0.1, 0.15) is 65.7 Å². The average Bonchev–Trinajstić information content (AvgIpc) is 2.59. The summed E-state index contributed by atoms with van der Waals surface area (Å²) in [4.78, 5) is 24.5. The van der Waals surface area contributed by atoms with Crippen molar-refractivity contribution in [3.05, 3.63) is 0 Å². The fourth-order valence-electron chi connectivity index (χ4n) is 2.21. The van der Waals surface area contributed by atoms with E-state index < -0.39 is 25.7 Å². The lowest BCUT2D eigenvalue weighted by Crippen LogP contribution is -2.54. The summed E-state index contributed by atoms with van der Waals surface area (Å²) in [5.74, 6) is -0.895. The van der Waals surface area contributed by atoms with Gasteiger partial charge in [0, 0.05) is 6.54 Å². The molecular formula is C16H31N2O6P. The van der Waals surface area contributed by atoms with E-state index in [1.807, 2.05) is 20.8 Å². The number of hydrogen-bond acceptors (Lipinski definition) is 6. The number of imide groups is 1. The van der Waals surface area contributed by atoms with Crippen molar-refractivity contribution < 1.29 is 27.8 Å². The standard InChI is InChI=1S/C16H31N2O6P/c1-4-7-10-14-13-17-16(20)18(15(14)19)24-25(21,22-11-8-5-2)23-12-9-6-3/h14H,4-13H2,1-3H3,(H,17,20). The Morgan fingerprint density at radius 2 is 1.60 bits per heavy atom. The molecule has 1 N–H and O–H groups in total.